The third kappa shape index (κ3) is 4.01. The van der Waals surface area contributed by atoms with Crippen molar-refractivity contribution < 1.29 is 9.50 Å². The number of benzene rings is 1. The summed E-state index contributed by atoms with van der Waals surface area (Å²) in [4.78, 5) is 0.816. The van der Waals surface area contributed by atoms with Gasteiger partial charge in [0.25, 0.3) is 0 Å². The molecule has 1 rings (SSSR count). The lowest BCUT2D eigenvalue weighted by atomic mass is 10.1. The molecule has 0 saturated carbocycles. The van der Waals surface area contributed by atoms with Crippen molar-refractivity contribution in [1.29, 1.82) is 0 Å². The molecule has 0 aliphatic rings. The highest BCUT2D eigenvalue weighted by atomic mass is 32.2. The van der Waals surface area contributed by atoms with E-state index in [0.717, 1.165) is 4.90 Å². The number of aromatic hydroxyl groups is 1. The average Bonchev–Trinajstić information content (AvgIpc) is 2.06. The zero-order valence-electron chi connectivity index (χ0n) is 8.46. The first-order chi connectivity index (χ1) is 6.49. The molecule has 0 aliphatic carbocycles. The molecule has 0 aromatic heterocycles. The first-order valence-electron chi connectivity index (χ1n) is 4.59. The Morgan fingerprint density at radius 3 is 2.57 bits per heavy atom. The predicted molar refractivity (Wildman–Crippen MR) is 58.6 cm³/mol. The molecule has 1 aromatic rings. The van der Waals surface area contributed by atoms with E-state index in [1.807, 2.05) is 12.1 Å². The van der Waals surface area contributed by atoms with Gasteiger partial charge in [-0.3, -0.25) is 0 Å². The molecule has 0 bridgehead atoms. The van der Waals surface area contributed by atoms with Crippen LogP contribution in [0.2, 0.25) is 0 Å². The lowest BCUT2D eigenvalue weighted by Crippen LogP contribution is -2.12. The van der Waals surface area contributed by atoms with E-state index in [4.69, 9.17) is 0 Å². The number of para-hydroxylation sites is 1. The molecule has 78 valence electrons. The summed E-state index contributed by atoms with van der Waals surface area (Å²) in [5, 5.41) is 9.43. The molecule has 1 nitrogen and oxygen atoms in total. The normalized spacial score (nSPS) is 11.6. The van der Waals surface area contributed by atoms with Crippen LogP contribution in [-0.2, 0) is 0 Å². The van der Waals surface area contributed by atoms with Crippen LogP contribution < -0.4 is 0 Å². The fraction of sp³-hybridized carbons (Fsp3) is 0.455. The molecule has 3 heteroatoms. The average molecular weight is 214 g/mol. The van der Waals surface area contributed by atoms with Crippen LogP contribution in [0.25, 0.3) is 0 Å². The highest BCUT2D eigenvalue weighted by Gasteiger charge is 2.14. The Morgan fingerprint density at radius 2 is 2.00 bits per heavy atom. The molecule has 0 atom stereocenters. The Hall–Kier alpha value is -0.700. The van der Waals surface area contributed by atoms with Crippen molar-refractivity contribution in [3.05, 3.63) is 24.3 Å². The molecule has 1 N–H and O–H groups in total. The second kappa shape index (κ2) is 4.69. The van der Waals surface area contributed by atoms with Crippen LogP contribution in [0, 0.1) is 0 Å². The summed E-state index contributed by atoms with van der Waals surface area (Å²) in [6.45, 7) is 3.14. The second-order valence-electron chi connectivity index (χ2n) is 3.78. The third-order valence-corrected chi connectivity index (χ3v) is 2.88. The zero-order valence-corrected chi connectivity index (χ0v) is 9.27. The minimum Gasteiger partial charge on any atom is -0.507 e. The van der Waals surface area contributed by atoms with E-state index in [2.05, 4.69) is 0 Å². The standard InChI is InChI=1S/C11H15FOS/c1-11(2,12)7-8-14-10-6-4-3-5-9(10)13/h3-6,13H,7-8H2,1-2H3. The summed E-state index contributed by atoms with van der Waals surface area (Å²) in [5.74, 6) is 0.954. The van der Waals surface area contributed by atoms with Crippen molar-refractivity contribution in [2.75, 3.05) is 5.75 Å². The van der Waals surface area contributed by atoms with Crippen LogP contribution in [0.1, 0.15) is 20.3 Å². The van der Waals surface area contributed by atoms with Crippen LogP contribution in [0.5, 0.6) is 5.75 Å². The molecule has 0 amide bonds. The molecule has 0 spiro atoms. The molecule has 0 fully saturated rings. The maximum absolute atomic E-state index is 13.1. The Kier molecular flexibility index (Phi) is 3.81. The predicted octanol–water partition coefficient (Wildman–Crippen LogP) is 3.62. The van der Waals surface area contributed by atoms with E-state index in [0.29, 0.717) is 12.2 Å². The van der Waals surface area contributed by atoms with E-state index in [9.17, 15) is 9.50 Å². The third-order valence-electron chi connectivity index (χ3n) is 1.82. The van der Waals surface area contributed by atoms with Gasteiger partial charge < -0.3 is 5.11 Å². The van der Waals surface area contributed by atoms with E-state index in [1.54, 1.807) is 26.0 Å². The van der Waals surface area contributed by atoms with Gasteiger partial charge in [-0.15, -0.1) is 11.8 Å². The Morgan fingerprint density at radius 1 is 1.36 bits per heavy atom. The fourth-order valence-electron chi connectivity index (χ4n) is 0.983. The van der Waals surface area contributed by atoms with Crippen molar-refractivity contribution >= 4 is 11.8 Å². The number of hydrogen-bond acceptors (Lipinski definition) is 2. The molecule has 0 radical (unpaired) electrons. The van der Waals surface area contributed by atoms with Gasteiger partial charge >= 0.3 is 0 Å². The molecular formula is C11H15FOS. The van der Waals surface area contributed by atoms with Gasteiger partial charge in [0, 0.05) is 10.6 Å². The molecular weight excluding hydrogens is 199 g/mol. The summed E-state index contributed by atoms with van der Waals surface area (Å²) in [7, 11) is 0. The number of phenolic OH excluding ortho intramolecular Hbond substituents is 1. The minimum atomic E-state index is -1.13. The van der Waals surface area contributed by atoms with E-state index in [-0.39, 0.29) is 5.75 Å². The minimum absolute atomic E-state index is 0.272. The Balaban J connectivity index is 2.43. The summed E-state index contributed by atoms with van der Waals surface area (Å²) >= 11 is 1.48. The molecule has 14 heavy (non-hydrogen) atoms. The first-order valence-corrected chi connectivity index (χ1v) is 5.57. The first kappa shape index (κ1) is 11.4. The van der Waals surface area contributed by atoms with Crippen LogP contribution in [0.15, 0.2) is 29.2 Å². The maximum atomic E-state index is 13.1. The number of alkyl halides is 1. The number of hydrogen-bond donors (Lipinski definition) is 1. The summed E-state index contributed by atoms with van der Waals surface area (Å²) in [5.41, 5.74) is -1.13. The van der Waals surface area contributed by atoms with Gasteiger partial charge in [-0.05, 0) is 32.4 Å². The zero-order chi connectivity index (χ0) is 10.6. The van der Waals surface area contributed by atoms with Crippen molar-refractivity contribution in [1.82, 2.24) is 0 Å². The number of phenols is 1. The summed E-state index contributed by atoms with van der Waals surface area (Å²) in [6.07, 6.45) is 0.492. The van der Waals surface area contributed by atoms with Gasteiger partial charge in [0.15, 0.2) is 0 Å². The lowest BCUT2D eigenvalue weighted by Gasteiger charge is -2.13. The molecule has 1 aromatic carbocycles. The Labute approximate surface area is 88.3 Å². The molecule has 0 heterocycles. The topological polar surface area (TPSA) is 20.2 Å². The number of thioether (sulfide) groups is 1. The number of halogens is 1. The van der Waals surface area contributed by atoms with Crippen molar-refractivity contribution in [3.8, 4) is 5.75 Å². The van der Waals surface area contributed by atoms with Gasteiger partial charge in [-0.2, -0.15) is 0 Å². The van der Waals surface area contributed by atoms with Gasteiger partial charge in [0.1, 0.15) is 11.4 Å². The SMILES string of the molecule is CC(C)(F)CCSc1ccccc1O. The van der Waals surface area contributed by atoms with Crippen LogP contribution in [0.4, 0.5) is 4.39 Å². The second-order valence-corrected chi connectivity index (χ2v) is 4.92. The molecule has 0 saturated heterocycles. The van der Waals surface area contributed by atoms with Crippen LogP contribution in [-0.4, -0.2) is 16.5 Å². The number of rotatable bonds is 4. The van der Waals surface area contributed by atoms with Crippen molar-refractivity contribution in [2.45, 2.75) is 30.8 Å². The Bertz CT molecular complexity index is 294. The molecule has 0 aliphatic heterocycles. The van der Waals surface area contributed by atoms with Crippen LogP contribution >= 0.6 is 11.8 Å². The van der Waals surface area contributed by atoms with Gasteiger partial charge in [-0.25, -0.2) is 4.39 Å². The lowest BCUT2D eigenvalue weighted by molar-refractivity contribution is 0.212. The maximum Gasteiger partial charge on any atom is 0.129 e. The van der Waals surface area contributed by atoms with Crippen molar-refractivity contribution in [2.24, 2.45) is 0 Å². The van der Waals surface area contributed by atoms with E-state index < -0.39 is 5.67 Å². The fourth-order valence-corrected chi connectivity index (χ4v) is 2.18. The monoisotopic (exact) mass is 214 g/mol. The molecule has 0 unspecified atom stereocenters. The van der Waals surface area contributed by atoms with Gasteiger partial charge in [0.2, 0.25) is 0 Å². The largest absolute Gasteiger partial charge is 0.507 e. The highest BCUT2D eigenvalue weighted by molar-refractivity contribution is 7.99. The van der Waals surface area contributed by atoms with Gasteiger partial charge in [0.05, 0.1) is 0 Å². The van der Waals surface area contributed by atoms with E-state index >= 15 is 0 Å². The quantitative estimate of drug-likeness (QED) is 0.772. The van der Waals surface area contributed by atoms with E-state index in [1.165, 1.54) is 11.8 Å². The summed E-state index contributed by atoms with van der Waals surface area (Å²) < 4.78 is 13.1. The highest BCUT2D eigenvalue weighted by Crippen LogP contribution is 2.29. The smallest absolute Gasteiger partial charge is 0.129 e. The summed E-state index contributed by atoms with van der Waals surface area (Å²) in [6, 6.07) is 7.12. The van der Waals surface area contributed by atoms with Gasteiger partial charge in [-0.1, -0.05) is 12.1 Å². The van der Waals surface area contributed by atoms with Crippen LogP contribution in [0.3, 0.4) is 0 Å². The van der Waals surface area contributed by atoms with Crippen molar-refractivity contribution in [3.63, 3.8) is 0 Å².